The first-order valence-corrected chi connectivity index (χ1v) is 9.05. The zero-order chi connectivity index (χ0) is 20.8. The van der Waals surface area contributed by atoms with Crippen LogP contribution in [0.1, 0.15) is 23.6 Å². The lowest BCUT2D eigenvalue weighted by Gasteiger charge is -2.43. The lowest BCUT2D eigenvalue weighted by atomic mass is 9.95. The quantitative estimate of drug-likeness (QED) is 0.243. The summed E-state index contributed by atoms with van der Waals surface area (Å²) in [5, 5.41) is 14.9. The van der Waals surface area contributed by atoms with Gasteiger partial charge in [-0.2, -0.15) is 0 Å². The number of benzene rings is 2. The van der Waals surface area contributed by atoms with Crippen LogP contribution in [0.5, 0.6) is 0 Å². The molecule has 2 aromatic carbocycles. The average Bonchev–Trinajstić information content (AvgIpc) is 2.76. The highest BCUT2D eigenvalue weighted by atomic mass is 16.5. The van der Waals surface area contributed by atoms with E-state index >= 15 is 0 Å². The summed E-state index contributed by atoms with van der Waals surface area (Å²) in [5.41, 5.74) is 1.06. The van der Waals surface area contributed by atoms with Gasteiger partial charge < -0.3 is 20.2 Å². The summed E-state index contributed by atoms with van der Waals surface area (Å²) < 4.78 is 4.75. The number of carbonyl (C=O) groups excluding carboxylic acids is 3. The van der Waals surface area contributed by atoms with Crippen molar-refractivity contribution in [2.45, 2.75) is 18.5 Å². The highest BCUT2D eigenvalue weighted by Crippen LogP contribution is 2.30. The molecule has 2 amide bonds. The molecule has 0 spiro atoms. The van der Waals surface area contributed by atoms with Crippen molar-refractivity contribution in [1.82, 2.24) is 10.2 Å². The largest absolute Gasteiger partial charge is 0.469 e. The Balaban J connectivity index is 1.69. The molecule has 8 heteroatoms. The molecule has 0 bridgehead atoms. The van der Waals surface area contributed by atoms with E-state index in [0.717, 1.165) is 5.56 Å². The molecule has 3 rings (SSSR count). The lowest BCUT2D eigenvalue weighted by molar-refractivity contribution is -0.152. The number of carbonyl (C=O) groups is 3. The molecule has 0 saturated carbocycles. The minimum Gasteiger partial charge on any atom is -0.469 e. The predicted octanol–water partition coefficient (Wildman–Crippen LogP) is 1.50. The van der Waals surface area contributed by atoms with Crippen molar-refractivity contribution < 1.29 is 24.3 Å². The molecule has 1 heterocycles. The smallest absolute Gasteiger partial charge is 0.307 e. The van der Waals surface area contributed by atoms with Crippen molar-refractivity contribution in [2.75, 3.05) is 13.7 Å². The summed E-state index contributed by atoms with van der Waals surface area (Å²) in [6.07, 6.45) is 0.0142. The van der Waals surface area contributed by atoms with Gasteiger partial charge >= 0.3 is 5.97 Å². The predicted molar refractivity (Wildman–Crippen MR) is 104 cm³/mol. The van der Waals surface area contributed by atoms with Crippen LogP contribution in [-0.2, 0) is 19.1 Å². The number of methoxy groups -OCH3 is 1. The molecule has 2 aromatic rings. The van der Waals surface area contributed by atoms with Crippen LogP contribution in [0.2, 0.25) is 0 Å². The fraction of sp³-hybridized carbons (Fsp3) is 0.238. The first-order chi connectivity index (χ1) is 14.0. The zero-order valence-corrected chi connectivity index (χ0v) is 15.8. The van der Waals surface area contributed by atoms with Gasteiger partial charge in [-0.25, -0.2) is 0 Å². The second-order valence-corrected chi connectivity index (χ2v) is 6.54. The Morgan fingerprint density at radius 2 is 1.79 bits per heavy atom. The van der Waals surface area contributed by atoms with Crippen LogP contribution in [0, 0.1) is 0 Å². The van der Waals surface area contributed by atoms with E-state index in [4.69, 9.17) is 4.74 Å². The molecule has 150 valence electrons. The summed E-state index contributed by atoms with van der Waals surface area (Å²) in [6, 6.07) is 16.4. The number of ether oxygens (including phenoxy) is 1. The minimum absolute atomic E-state index is 0.0142. The van der Waals surface area contributed by atoms with E-state index in [-0.39, 0.29) is 24.6 Å². The fourth-order valence-electron chi connectivity index (χ4n) is 3.22. The van der Waals surface area contributed by atoms with E-state index < -0.39 is 24.0 Å². The molecule has 1 saturated heterocycles. The molecule has 1 aliphatic rings. The van der Waals surface area contributed by atoms with E-state index in [0.29, 0.717) is 5.56 Å². The standard InChI is InChI=1S/C21H21N3O5/c1-29-18(25)12-17(14-8-4-2-5-9-14)24-13-16(21(24)27)22-20(26)19(23-28)15-10-6-3-7-11-15/h2-11,16-17,28H,12-13H2,1H3,(H,22,26). The third-order valence-electron chi connectivity index (χ3n) is 4.78. The highest BCUT2D eigenvalue weighted by Gasteiger charge is 2.43. The minimum atomic E-state index is -0.758. The number of nitrogens with one attached hydrogen (secondary N) is 1. The molecule has 0 radical (unpaired) electrons. The Bertz CT molecular complexity index is 914. The summed E-state index contributed by atoms with van der Waals surface area (Å²) in [7, 11) is 1.30. The molecule has 1 fully saturated rings. The molecule has 29 heavy (non-hydrogen) atoms. The van der Waals surface area contributed by atoms with E-state index in [2.05, 4.69) is 10.5 Å². The first kappa shape index (κ1) is 20.1. The Morgan fingerprint density at radius 3 is 2.34 bits per heavy atom. The summed E-state index contributed by atoms with van der Waals surface area (Å²) in [6.45, 7) is 0.231. The van der Waals surface area contributed by atoms with E-state index in [1.54, 1.807) is 30.3 Å². The molecule has 0 aliphatic carbocycles. The maximum absolute atomic E-state index is 12.7. The number of rotatable bonds is 7. The number of hydrogen-bond donors (Lipinski definition) is 2. The molecule has 1 aliphatic heterocycles. The second kappa shape index (κ2) is 9.01. The monoisotopic (exact) mass is 395 g/mol. The van der Waals surface area contributed by atoms with Crippen molar-refractivity contribution in [3.8, 4) is 0 Å². The number of nitrogens with zero attached hydrogens (tertiary/aromatic N) is 2. The summed E-state index contributed by atoms with van der Waals surface area (Å²) >= 11 is 0. The Hall–Kier alpha value is -3.68. The maximum Gasteiger partial charge on any atom is 0.307 e. The summed E-state index contributed by atoms with van der Waals surface area (Å²) in [4.78, 5) is 38.5. The van der Waals surface area contributed by atoms with Crippen LogP contribution in [-0.4, -0.2) is 53.3 Å². The van der Waals surface area contributed by atoms with Crippen molar-refractivity contribution in [3.63, 3.8) is 0 Å². The normalized spacial score (nSPS) is 17.3. The van der Waals surface area contributed by atoms with Gasteiger partial charge in [-0.3, -0.25) is 14.4 Å². The number of likely N-dealkylation sites (tertiary alicyclic amines) is 1. The number of β-lactam (4-membered cyclic amide) rings is 1. The van der Waals surface area contributed by atoms with Gasteiger partial charge in [0.05, 0.1) is 26.1 Å². The van der Waals surface area contributed by atoms with Crippen molar-refractivity contribution in [3.05, 3.63) is 71.8 Å². The van der Waals surface area contributed by atoms with Crippen molar-refractivity contribution >= 4 is 23.5 Å². The third-order valence-corrected chi connectivity index (χ3v) is 4.78. The van der Waals surface area contributed by atoms with E-state index in [9.17, 15) is 19.6 Å². The number of amides is 2. The van der Waals surface area contributed by atoms with Gasteiger partial charge in [0, 0.05) is 5.56 Å². The molecule has 2 N–H and O–H groups in total. The van der Waals surface area contributed by atoms with Gasteiger partial charge in [0.15, 0.2) is 5.71 Å². The fourth-order valence-corrected chi connectivity index (χ4v) is 3.22. The molecule has 2 unspecified atom stereocenters. The molecule has 2 atom stereocenters. The molecular formula is C21H21N3O5. The van der Waals surface area contributed by atoms with Gasteiger partial charge in [-0.05, 0) is 5.56 Å². The average molecular weight is 395 g/mol. The topological polar surface area (TPSA) is 108 Å². The van der Waals surface area contributed by atoms with Gasteiger partial charge in [0.1, 0.15) is 6.04 Å². The van der Waals surface area contributed by atoms with Crippen molar-refractivity contribution in [2.24, 2.45) is 5.16 Å². The van der Waals surface area contributed by atoms with Crippen LogP contribution < -0.4 is 5.32 Å². The van der Waals surface area contributed by atoms with Gasteiger partial charge in [0.25, 0.3) is 5.91 Å². The number of esters is 1. The molecule has 0 aromatic heterocycles. The van der Waals surface area contributed by atoms with Crippen LogP contribution >= 0.6 is 0 Å². The van der Waals surface area contributed by atoms with Gasteiger partial charge in [-0.1, -0.05) is 65.8 Å². The van der Waals surface area contributed by atoms with E-state index in [1.807, 2.05) is 30.3 Å². The highest BCUT2D eigenvalue weighted by molar-refractivity contribution is 6.45. The Morgan fingerprint density at radius 1 is 1.17 bits per heavy atom. The first-order valence-electron chi connectivity index (χ1n) is 9.05. The van der Waals surface area contributed by atoms with Crippen LogP contribution in [0.4, 0.5) is 0 Å². The Labute approximate surface area is 167 Å². The number of oxime groups is 1. The summed E-state index contributed by atoms with van der Waals surface area (Å²) in [5.74, 6) is -1.40. The number of hydrogen-bond acceptors (Lipinski definition) is 6. The maximum atomic E-state index is 12.7. The van der Waals surface area contributed by atoms with Gasteiger partial charge in [-0.15, -0.1) is 0 Å². The second-order valence-electron chi connectivity index (χ2n) is 6.54. The van der Waals surface area contributed by atoms with Crippen molar-refractivity contribution in [1.29, 1.82) is 0 Å². The van der Waals surface area contributed by atoms with E-state index in [1.165, 1.54) is 12.0 Å². The Kier molecular flexibility index (Phi) is 6.23. The SMILES string of the molecule is COC(=O)CC(c1ccccc1)N1CC(NC(=O)C(=NO)c2ccccc2)C1=O. The van der Waals surface area contributed by atoms with Gasteiger partial charge in [0.2, 0.25) is 5.91 Å². The lowest BCUT2D eigenvalue weighted by Crippen LogP contribution is -2.65. The van der Waals surface area contributed by atoms with Crippen LogP contribution in [0.3, 0.4) is 0 Å². The zero-order valence-electron chi connectivity index (χ0n) is 15.8. The third kappa shape index (κ3) is 4.43. The molecule has 8 nitrogen and oxygen atoms in total. The molecular weight excluding hydrogens is 374 g/mol. The van der Waals surface area contributed by atoms with Crippen LogP contribution in [0.15, 0.2) is 65.8 Å². The van der Waals surface area contributed by atoms with Crippen LogP contribution in [0.25, 0.3) is 0 Å².